The van der Waals surface area contributed by atoms with Gasteiger partial charge in [-0.25, -0.2) is 4.98 Å². The Morgan fingerprint density at radius 3 is 2.77 bits per heavy atom. The third kappa shape index (κ3) is 3.75. The van der Waals surface area contributed by atoms with Crippen molar-refractivity contribution in [3.63, 3.8) is 0 Å². The van der Waals surface area contributed by atoms with Crippen molar-refractivity contribution >= 4 is 11.6 Å². The summed E-state index contributed by atoms with van der Waals surface area (Å²) in [5.41, 5.74) is 1.24. The molecule has 1 aromatic rings. The van der Waals surface area contributed by atoms with E-state index in [-0.39, 0.29) is 0 Å². The monoisotopic (exact) mass is 198 g/mol. The summed E-state index contributed by atoms with van der Waals surface area (Å²) in [6.07, 6.45) is 2.88. The third-order valence-corrected chi connectivity index (χ3v) is 2.33. The van der Waals surface area contributed by atoms with E-state index in [1.165, 1.54) is 5.56 Å². The van der Waals surface area contributed by atoms with E-state index in [2.05, 4.69) is 23.9 Å². The highest BCUT2D eigenvalue weighted by atomic mass is 35.5. The maximum atomic E-state index is 5.68. The molecule has 0 saturated heterocycles. The molecule has 0 unspecified atom stereocenters. The van der Waals surface area contributed by atoms with E-state index < -0.39 is 0 Å². The van der Waals surface area contributed by atoms with Gasteiger partial charge in [0, 0.05) is 12.7 Å². The molecule has 13 heavy (non-hydrogen) atoms. The number of likely N-dealkylation sites (N-methyl/N-ethyl adjacent to an activating group) is 1. The van der Waals surface area contributed by atoms with Crippen molar-refractivity contribution in [3.05, 3.63) is 29.0 Å². The molecule has 1 rings (SSSR count). The molecular weight excluding hydrogens is 184 g/mol. The maximum Gasteiger partial charge on any atom is 0.129 e. The summed E-state index contributed by atoms with van der Waals surface area (Å²) in [5.74, 6) is 0. The molecule has 0 aliphatic rings. The van der Waals surface area contributed by atoms with Crippen molar-refractivity contribution in [1.29, 1.82) is 0 Å². The Hall–Kier alpha value is -0.600. The minimum atomic E-state index is 0.563. The first kappa shape index (κ1) is 10.5. The average Bonchev–Trinajstić information content (AvgIpc) is 2.16. The lowest BCUT2D eigenvalue weighted by Gasteiger charge is -2.12. The van der Waals surface area contributed by atoms with Crippen LogP contribution in [-0.4, -0.2) is 30.0 Å². The number of aromatic nitrogens is 1. The van der Waals surface area contributed by atoms with Gasteiger partial charge in [0.25, 0.3) is 0 Å². The molecule has 0 bridgehead atoms. The minimum Gasteiger partial charge on any atom is -0.306 e. The Labute approximate surface area is 84.5 Å². The van der Waals surface area contributed by atoms with Gasteiger partial charge in [-0.1, -0.05) is 24.6 Å². The van der Waals surface area contributed by atoms with Crippen molar-refractivity contribution in [2.45, 2.75) is 13.3 Å². The zero-order chi connectivity index (χ0) is 9.68. The molecule has 0 aromatic carbocycles. The summed E-state index contributed by atoms with van der Waals surface area (Å²) < 4.78 is 0. The topological polar surface area (TPSA) is 16.1 Å². The fourth-order valence-electron chi connectivity index (χ4n) is 1.03. The molecule has 0 spiro atoms. The molecule has 0 amide bonds. The summed E-state index contributed by atoms with van der Waals surface area (Å²) in [6, 6.07) is 3.86. The molecule has 2 nitrogen and oxygen atoms in total. The molecule has 0 radical (unpaired) electrons. The van der Waals surface area contributed by atoms with Crippen LogP contribution in [0.5, 0.6) is 0 Å². The molecule has 1 aromatic heterocycles. The zero-order valence-electron chi connectivity index (χ0n) is 8.13. The van der Waals surface area contributed by atoms with E-state index in [0.717, 1.165) is 19.5 Å². The molecule has 0 N–H and O–H groups in total. The fraction of sp³-hybridized carbons (Fsp3) is 0.500. The number of nitrogens with zero attached hydrogens (tertiary/aromatic N) is 2. The molecule has 0 atom stereocenters. The number of halogens is 1. The van der Waals surface area contributed by atoms with E-state index >= 15 is 0 Å². The van der Waals surface area contributed by atoms with Crippen LogP contribution in [0.1, 0.15) is 12.5 Å². The second-order valence-electron chi connectivity index (χ2n) is 3.14. The lowest BCUT2D eigenvalue weighted by Crippen LogP contribution is -2.20. The molecule has 3 heteroatoms. The van der Waals surface area contributed by atoms with Crippen molar-refractivity contribution < 1.29 is 0 Å². The predicted octanol–water partition coefficient (Wildman–Crippen LogP) is 2.23. The van der Waals surface area contributed by atoms with Gasteiger partial charge in [0.2, 0.25) is 0 Å². The lowest BCUT2D eigenvalue weighted by atomic mass is 10.2. The van der Waals surface area contributed by atoms with Gasteiger partial charge in [-0.3, -0.25) is 0 Å². The number of hydrogen-bond donors (Lipinski definition) is 0. The van der Waals surface area contributed by atoms with Crippen LogP contribution in [-0.2, 0) is 6.42 Å². The summed E-state index contributed by atoms with van der Waals surface area (Å²) in [6.45, 7) is 4.31. The maximum absolute atomic E-state index is 5.68. The Morgan fingerprint density at radius 1 is 1.46 bits per heavy atom. The van der Waals surface area contributed by atoms with Gasteiger partial charge < -0.3 is 4.90 Å². The Balaban J connectivity index is 2.41. The van der Waals surface area contributed by atoms with Crippen LogP contribution in [0, 0.1) is 0 Å². The van der Waals surface area contributed by atoms with E-state index in [0.29, 0.717) is 5.15 Å². The van der Waals surface area contributed by atoms with E-state index in [4.69, 9.17) is 11.6 Å². The molecule has 72 valence electrons. The molecule has 0 aliphatic carbocycles. The molecule has 0 aliphatic heterocycles. The highest BCUT2D eigenvalue weighted by Crippen LogP contribution is 2.05. The minimum absolute atomic E-state index is 0.563. The van der Waals surface area contributed by atoms with Crippen molar-refractivity contribution in [3.8, 4) is 0 Å². The van der Waals surface area contributed by atoms with E-state index in [1.54, 1.807) is 0 Å². The van der Waals surface area contributed by atoms with Crippen LogP contribution in [0.25, 0.3) is 0 Å². The van der Waals surface area contributed by atoms with Gasteiger partial charge in [0.15, 0.2) is 0 Å². The number of pyridine rings is 1. The standard InChI is InChI=1S/C10H15ClN2/c1-3-13(2)7-6-9-4-5-10(11)12-8-9/h4-5,8H,3,6-7H2,1-2H3. The fourth-order valence-corrected chi connectivity index (χ4v) is 1.14. The Bertz CT molecular complexity index is 246. The second-order valence-corrected chi connectivity index (χ2v) is 3.52. The number of hydrogen-bond acceptors (Lipinski definition) is 2. The summed E-state index contributed by atoms with van der Waals surface area (Å²) in [4.78, 5) is 6.30. The van der Waals surface area contributed by atoms with Crippen molar-refractivity contribution in [1.82, 2.24) is 9.88 Å². The summed E-state index contributed by atoms with van der Waals surface area (Å²) >= 11 is 5.68. The van der Waals surface area contributed by atoms with Crippen LogP contribution in [0.3, 0.4) is 0 Å². The van der Waals surface area contributed by atoms with Crippen LogP contribution in [0.4, 0.5) is 0 Å². The lowest BCUT2D eigenvalue weighted by molar-refractivity contribution is 0.357. The summed E-state index contributed by atoms with van der Waals surface area (Å²) in [5, 5.41) is 0.563. The molecular formula is C10H15ClN2. The Morgan fingerprint density at radius 2 is 2.23 bits per heavy atom. The quantitative estimate of drug-likeness (QED) is 0.690. The Kier molecular flexibility index (Phi) is 4.19. The van der Waals surface area contributed by atoms with Gasteiger partial charge in [-0.15, -0.1) is 0 Å². The van der Waals surface area contributed by atoms with Crippen molar-refractivity contribution in [2.75, 3.05) is 20.1 Å². The molecule has 0 saturated carbocycles. The number of rotatable bonds is 4. The average molecular weight is 199 g/mol. The highest BCUT2D eigenvalue weighted by molar-refractivity contribution is 6.29. The van der Waals surface area contributed by atoms with Gasteiger partial charge >= 0.3 is 0 Å². The van der Waals surface area contributed by atoms with Gasteiger partial charge in [-0.05, 0) is 31.6 Å². The van der Waals surface area contributed by atoms with Crippen molar-refractivity contribution in [2.24, 2.45) is 0 Å². The molecule has 0 fully saturated rings. The SMILES string of the molecule is CCN(C)CCc1ccc(Cl)nc1. The van der Waals surface area contributed by atoms with Gasteiger partial charge in [0.1, 0.15) is 5.15 Å². The highest BCUT2D eigenvalue weighted by Gasteiger charge is 1.97. The predicted molar refractivity (Wildman–Crippen MR) is 56.1 cm³/mol. The second kappa shape index (κ2) is 5.20. The van der Waals surface area contributed by atoms with Crippen LogP contribution >= 0.6 is 11.6 Å². The zero-order valence-corrected chi connectivity index (χ0v) is 8.88. The first-order valence-electron chi connectivity index (χ1n) is 4.51. The van der Waals surface area contributed by atoms with Gasteiger partial charge in [0.05, 0.1) is 0 Å². The van der Waals surface area contributed by atoms with Gasteiger partial charge in [-0.2, -0.15) is 0 Å². The first-order chi connectivity index (χ1) is 6.22. The van der Waals surface area contributed by atoms with E-state index in [9.17, 15) is 0 Å². The van der Waals surface area contributed by atoms with Crippen LogP contribution in [0.2, 0.25) is 5.15 Å². The van der Waals surface area contributed by atoms with E-state index in [1.807, 2.05) is 18.3 Å². The smallest absolute Gasteiger partial charge is 0.129 e. The molecule has 1 heterocycles. The normalized spacial score (nSPS) is 10.8. The first-order valence-corrected chi connectivity index (χ1v) is 4.89. The largest absolute Gasteiger partial charge is 0.306 e. The third-order valence-electron chi connectivity index (χ3n) is 2.11. The van der Waals surface area contributed by atoms with Crippen LogP contribution in [0.15, 0.2) is 18.3 Å². The summed E-state index contributed by atoms with van der Waals surface area (Å²) in [7, 11) is 2.11. The van der Waals surface area contributed by atoms with Crippen LogP contribution < -0.4 is 0 Å².